The number of hydrogen-bond donors (Lipinski definition) is 1. The Bertz CT molecular complexity index is 1600. The molecular weight excluding hydrogens is 414 g/mol. The number of imidazole rings is 1. The molecule has 0 fully saturated rings. The fourth-order valence-corrected chi connectivity index (χ4v) is 4.22. The van der Waals surface area contributed by atoms with E-state index in [-0.39, 0.29) is 5.56 Å². The summed E-state index contributed by atoms with van der Waals surface area (Å²) in [5, 5.41) is 5.64. The minimum Gasteiger partial charge on any atom is -0.351 e. The first kappa shape index (κ1) is 20.8. The second kappa shape index (κ2) is 8.09. The molecule has 0 atom stereocenters. The lowest BCUT2D eigenvalue weighted by atomic mass is 10.0. The quantitative estimate of drug-likeness (QED) is 0.455. The van der Waals surface area contributed by atoms with Crippen LogP contribution in [0.25, 0.3) is 21.9 Å². The number of hydrogen-bond acceptors (Lipinski definition) is 4. The summed E-state index contributed by atoms with van der Waals surface area (Å²) in [6.45, 7) is 3.05. The van der Waals surface area contributed by atoms with Crippen LogP contribution in [0.1, 0.15) is 16.7 Å². The Hall–Kier alpha value is -4.13. The number of benzene rings is 3. The van der Waals surface area contributed by atoms with Gasteiger partial charge in [0, 0.05) is 20.6 Å². The van der Waals surface area contributed by atoms with Crippen LogP contribution >= 0.6 is 0 Å². The lowest BCUT2D eigenvalue weighted by Crippen LogP contribution is -2.37. The van der Waals surface area contributed by atoms with E-state index >= 15 is 0 Å². The van der Waals surface area contributed by atoms with E-state index in [1.165, 1.54) is 17.2 Å². The van der Waals surface area contributed by atoms with Gasteiger partial charge >= 0.3 is 5.69 Å². The van der Waals surface area contributed by atoms with Crippen molar-refractivity contribution in [2.75, 3.05) is 5.32 Å². The highest BCUT2D eigenvalue weighted by Gasteiger charge is 2.20. The van der Waals surface area contributed by atoms with Crippen molar-refractivity contribution in [2.24, 2.45) is 14.1 Å². The van der Waals surface area contributed by atoms with E-state index in [1.54, 1.807) is 7.05 Å². The summed E-state index contributed by atoms with van der Waals surface area (Å²) in [5.74, 6) is 0.553. The lowest BCUT2D eigenvalue weighted by Gasteiger charge is -2.13. The second-order valence-electron chi connectivity index (χ2n) is 8.38. The van der Waals surface area contributed by atoms with Crippen LogP contribution in [0.15, 0.2) is 76.3 Å². The molecule has 0 aliphatic rings. The number of aromatic nitrogens is 4. The van der Waals surface area contributed by atoms with Crippen molar-refractivity contribution in [3.8, 4) is 0 Å². The monoisotopic (exact) mass is 439 g/mol. The zero-order valence-electron chi connectivity index (χ0n) is 18.9. The van der Waals surface area contributed by atoms with Gasteiger partial charge in [-0.25, -0.2) is 4.79 Å². The predicted octanol–water partition coefficient (Wildman–Crippen LogP) is 3.56. The molecule has 2 aromatic heterocycles. The molecule has 3 aromatic carbocycles. The maximum absolute atomic E-state index is 13.2. The average molecular weight is 440 g/mol. The second-order valence-corrected chi connectivity index (χ2v) is 8.38. The molecule has 5 aromatic rings. The molecule has 166 valence electrons. The zero-order valence-corrected chi connectivity index (χ0v) is 18.9. The van der Waals surface area contributed by atoms with Crippen molar-refractivity contribution in [1.29, 1.82) is 0 Å². The molecule has 0 saturated heterocycles. The SMILES string of the molecule is Cc1ccc(CNc2nc3c(c(=O)n(C)c(=O)n3C)n2Cc2cccc3ccccc23)cc1. The van der Waals surface area contributed by atoms with Crippen LogP contribution < -0.4 is 16.6 Å². The standard InChI is InChI=1S/C26H25N5O2/c1-17-11-13-18(14-12-17)15-27-25-28-23-22(24(32)30(3)26(33)29(23)2)31(25)16-20-9-6-8-19-7-4-5-10-21(19)20/h4-14H,15-16H2,1-3H3,(H,27,28). The van der Waals surface area contributed by atoms with E-state index < -0.39 is 5.69 Å². The molecule has 0 bridgehead atoms. The number of fused-ring (bicyclic) bond motifs is 2. The minimum atomic E-state index is -0.396. The molecule has 1 N–H and O–H groups in total. The van der Waals surface area contributed by atoms with Crippen molar-refractivity contribution in [3.63, 3.8) is 0 Å². The molecule has 0 radical (unpaired) electrons. The van der Waals surface area contributed by atoms with Crippen LogP contribution in [-0.2, 0) is 27.2 Å². The first-order valence-corrected chi connectivity index (χ1v) is 10.9. The highest BCUT2D eigenvalue weighted by molar-refractivity contribution is 5.86. The molecule has 5 rings (SSSR count). The largest absolute Gasteiger partial charge is 0.351 e. The molecule has 0 aliphatic heterocycles. The Kier molecular flexibility index (Phi) is 5.09. The van der Waals surface area contributed by atoms with Crippen LogP contribution in [0.2, 0.25) is 0 Å². The van der Waals surface area contributed by atoms with Gasteiger partial charge < -0.3 is 5.32 Å². The van der Waals surface area contributed by atoms with Gasteiger partial charge in [-0.15, -0.1) is 0 Å². The third-order valence-electron chi connectivity index (χ3n) is 6.13. The van der Waals surface area contributed by atoms with Gasteiger partial charge in [0.05, 0.1) is 6.54 Å². The number of anilines is 1. The Morgan fingerprint density at radius 2 is 1.61 bits per heavy atom. The first-order valence-electron chi connectivity index (χ1n) is 10.9. The van der Waals surface area contributed by atoms with Gasteiger partial charge in [0.15, 0.2) is 11.2 Å². The number of rotatable bonds is 5. The fraction of sp³-hybridized carbons (Fsp3) is 0.192. The van der Waals surface area contributed by atoms with Gasteiger partial charge in [0.1, 0.15) is 0 Å². The molecule has 33 heavy (non-hydrogen) atoms. The molecule has 0 saturated carbocycles. The number of nitrogens with one attached hydrogen (secondary N) is 1. The van der Waals surface area contributed by atoms with Gasteiger partial charge in [-0.05, 0) is 28.8 Å². The zero-order chi connectivity index (χ0) is 23.1. The summed E-state index contributed by atoms with van der Waals surface area (Å²) >= 11 is 0. The van der Waals surface area contributed by atoms with Gasteiger partial charge in [-0.1, -0.05) is 72.3 Å². The highest BCUT2D eigenvalue weighted by Crippen LogP contribution is 2.23. The molecule has 0 unspecified atom stereocenters. The molecule has 0 spiro atoms. The van der Waals surface area contributed by atoms with Crippen LogP contribution in [-0.4, -0.2) is 18.7 Å². The Morgan fingerprint density at radius 3 is 2.39 bits per heavy atom. The maximum atomic E-state index is 13.2. The van der Waals surface area contributed by atoms with E-state index in [9.17, 15) is 9.59 Å². The van der Waals surface area contributed by atoms with Gasteiger partial charge in [0.2, 0.25) is 5.95 Å². The van der Waals surface area contributed by atoms with Gasteiger partial charge in [-0.3, -0.25) is 18.5 Å². The summed E-state index contributed by atoms with van der Waals surface area (Å²) in [4.78, 5) is 30.4. The summed E-state index contributed by atoms with van der Waals surface area (Å²) in [6.07, 6.45) is 0. The van der Waals surface area contributed by atoms with Crippen molar-refractivity contribution in [2.45, 2.75) is 20.0 Å². The molecule has 7 heteroatoms. The molecule has 0 aliphatic carbocycles. The summed E-state index contributed by atoms with van der Waals surface area (Å²) in [5.41, 5.74) is 3.39. The fourth-order valence-electron chi connectivity index (χ4n) is 4.22. The van der Waals surface area contributed by atoms with Gasteiger partial charge in [-0.2, -0.15) is 4.98 Å². The van der Waals surface area contributed by atoms with Crippen LogP contribution in [0, 0.1) is 6.92 Å². The summed E-state index contributed by atoms with van der Waals surface area (Å²) in [6, 6.07) is 22.6. The number of nitrogens with zero attached hydrogens (tertiary/aromatic N) is 4. The van der Waals surface area contributed by atoms with E-state index in [0.29, 0.717) is 30.2 Å². The molecular formula is C26H25N5O2. The molecule has 2 heterocycles. The Balaban J connectivity index is 1.67. The number of aryl methyl sites for hydroxylation is 2. The van der Waals surface area contributed by atoms with E-state index in [1.807, 2.05) is 22.8 Å². The van der Waals surface area contributed by atoms with Crippen molar-refractivity contribution in [1.82, 2.24) is 18.7 Å². The van der Waals surface area contributed by atoms with Crippen molar-refractivity contribution in [3.05, 3.63) is 104 Å². The molecule has 7 nitrogen and oxygen atoms in total. The van der Waals surface area contributed by atoms with Crippen molar-refractivity contribution < 1.29 is 0 Å². The Morgan fingerprint density at radius 1 is 0.879 bits per heavy atom. The topological polar surface area (TPSA) is 73.8 Å². The van der Waals surface area contributed by atoms with E-state index in [0.717, 1.165) is 26.5 Å². The van der Waals surface area contributed by atoms with Crippen LogP contribution in [0.4, 0.5) is 5.95 Å². The highest BCUT2D eigenvalue weighted by atomic mass is 16.2. The average Bonchev–Trinajstić information content (AvgIpc) is 3.19. The lowest BCUT2D eigenvalue weighted by molar-refractivity contribution is 0.702. The normalized spacial score (nSPS) is 11.4. The first-order chi connectivity index (χ1) is 15.9. The minimum absolute atomic E-state index is 0.357. The predicted molar refractivity (Wildman–Crippen MR) is 132 cm³/mol. The van der Waals surface area contributed by atoms with E-state index in [4.69, 9.17) is 0 Å². The summed E-state index contributed by atoms with van der Waals surface area (Å²) in [7, 11) is 3.14. The van der Waals surface area contributed by atoms with E-state index in [2.05, 4.69) is 65.8 Å². The van der Waals surface area contributed by atoms with Gasteiger partial charge in [0.25, 0.3) is 5.56 Å². The van der Waals surface area contributed by atoms with Crippen molar-refractivity contribution >= 4 is 27.9 Å². The van der Waals surface area contributed by atoms with Crippen LogP contribution in [0.5, 0.6) is 0 Å². The third kappa shape index (κ3) is 3.61. The maximum Gasteiger partial charge on any atom is 0.332 e. The smallest absolute Gasteiger partial charge is 0.332 e. The van der Waals surface area contributed by atoms with Crippen LogP contribution in [0.3, 0.4) is 0 Å². The summed E-state index contributed by atoms with van der Waals surface area (Å²) < 4.78 is 4.44. The third-order valence-corrected chi connectivity index (χ3v) is 6.13. The molecule has 0 amide bonds. The Labute approximate surface area is 190 Å².